The van der Waals surface area contributed by atoms with Crippen molar-refractivity contribution in [2.75, 3.05) is 24.8 Å². The number of nitrogens with one attached hydrogen (secondary N) is 1. The Bertz CT molecular complexity index is 379. The number of carbonyl (C=O) groups is 1. The van der Waals surface area contributed by atoms with Crippen molar-refractivity contribution in [3.63, 3.8) is 0 Å². The molecule has 0 amide bonds. The summed E-state index contributed by atoms with van der Waals surface area (Å²) >= 11 is 0. The Morgan fingerprint density at radius 3 is 2.88 bits per heavy atom. The third-order valence-corrected chi connectivity index (χ3v) is 2.09. The number of rotatable bonds is 5. The molecule has 4 N–H and O–H groups in total. The maximum Gasteiger partial charge on any atom is 0.337 e. The Labute approximate surface area is 94.2 Å². The average Bonchev–Trinajstić information content (AvgIpc) is 2.20. The van der Waals surface area contributed by atoms with E-state index in [1.807, 2.05) is 6.92 Å². The number of hydrogen-bond acceptors (Lipinski definition) is 4. The van der Waals surface area contributed by atoms with Gasteiger partial charge in [-0.1, -0.05) is 0 Å². The van der Waals surface area contributed by atoms with E-state index in [2.05, 4.69) is 5.32 Å². The van der Waals surface area contributed by atoms with Gasteiger partial charge >= 0.3 is 5.97 Å². The maximum absolute atomic E-state index is 11.0. The molecule has 1 unspecified atom stereocenters. The first kappa shape index (κ1) is 12.3. The van der Waals surface area contributed by atoms with Crippen LogP contribution in [0.15, 0.2) is 18.2 Å². The lowest BCUT2D eigenvalue weighted by Gasteiger charge is -2.16. The fraction of sp³-hybridized carbons (Fsp3) is 0.364. The number of carboxylic acid groups (broad SMARTS) is 1. The number of methoxy groups -OCH3 is 1. The molecule has 0 aliphatic heterocycles. The predicted octanol–water partition coefficient (Wildman–Crippen LogP) is 1.41. The van der Waals surface area contributed by atoms with Crippen molar-refractivity contribution in [3.8, 4) is 0 Å². The molecule has 0 saturated carbocycles. The summed E-state index contributed by atoms with van der Waals surface area (Å²) in [5.41, 5.74) is 6.69. The van der Waals surface area contributed by atoms with E-state index in [1.165, 1.54) is 6.07 Å². The van der Waals surface area contributed by atoms with Gasteiger partial charge in [0.15, 0.2) is 0 Å². The molecule has 5 heteroatoms. The fourth-order valence-corrected chi connectivity index (χ4v) is 1.42. The third-order valence-electron chi connectivity index (χ3n) is 2.09. The van der Waals surface area contributed by atoms with Gasteiger partial charge in [-0.2, -0.15) is 0 Å². The Kier molecular flexibility index (Phi) is 4.13. The van der Waals surface area contributed by atoms with E-state index in [1.54, 1.807) is 19.2 Å². The monoisotopic (exact) mass is 224 g/mol. The number of ether oxygens (including phenoxy) is 1. The van der Waals surface area contributed by atoms with Crippen LogP contribution in [0.1, 0.15) is 17.3 Å². The highest BCUT2D eigenvalue weighted by Gasteiger charge is 2.12. The van der Waals surface area contributed by atoms with E-state index in [4.69, 9.17) is 15.6 Å². The van der Waals surface area contributed by atoms with Crippen molar-refractivity contribution in [1.82, 2.24) is 0 Å². The normalized spacial score (nSPS) is 12.1. The Hall–Kier alpha value is -1.75. The topological polar surface area (TPSA) is 84.6 Å². The van der Waals surface area contributed by atoms with Crippen LogP contribution in [0.3, 0.4) is 0 Å². The molecule has 16 heavy (non-hydrogen) atoms. The standard InChI is InChI=1S/C11H16N2O3/c1-7(6-16-2)13-10-4-3-8(12)5-9(10)11(14)15/h3-5,7,13H,6,12H2,1-2H3,(H,14,15). The van der Waals surface area contributed by atoms with Crippen molar-refractivity contribution >= 4 is 17.3 Å². The van der Waals surface area contributed by atoms with E-state index < -0.39 is 5.97 Å². The summed E-state index contributed by atoms with van der Waals surface area (Å²) in [5.74, 6) is -1.00. The minimum Gasteiger partial charge on any atom is -0.478 e. The van der Waals surface area contributed by atoms with Crippen LogP contribution < -0.4 is 11.1 Å². The van der Waals surface area contributed by atoms with Crippen LogP contribution in [0.2, 0.25) is 0 Å². The first-order valence-corrected chi connectivity index (χ1v) is 4.93. The molecule has 0 bridgehead atoms. The Balaban J connectivity index is 2.90. The van der Waals surface area contributed by atoms with Crippen molar-refractivity contribution < 1.29 is 14.6 Å². The summed E-state index contributed by atoms with van der Waals surface area (Å²) in [6.45, 7) is 2.41. The summed E-state index contributed by atoms with van der Waals surface area (Å²) < 4.78 is 4.97. The van der Waals surface area contributed by atoms with E-state index in [0.717, 1.165) is 0 Å². The van der Waals surface area contributed by atoms with Gasteiger partial charge in [0.1, 0.15) is 0 Å². The molecule has 0 spiro atoms. The van der Waals surface area contributed by atoms with Crippen molar-refractivity contribution in [2.24, 2.45) is 0 Å². The Morgan fingerprint density at radius 1 is 1.62 bits per heavy atom. The van der Waals surface area contributed by atoms with E-state index >= 15 is 0 Å². The van der Waals surface area contributed by atoms with Crippen LogP contribution >= 0.6 is 0 Å². The number of hydrogen-bond donors (Lipinski definition) is 3. The highest BCUT2D eigenvalue weighted by molar-refractivity contribution is 5.95. The zero-order valence-electron chi connectivity index (χ0n) is 9.36. The molecule has 0 aromatic heterocycles. The molecule has 5 nitrogen and oxygen atoms in total. The third kappa shape index (κ3) is 3.13. The molecule has 0 saturated heterocycles. The minimum absolute atomic E-state index is 0.0340. The lowest BCUT2D eigenvalue weighted by Crippen LogP contribution is -2.22. The average molecular weight is 224 g/mol. The summed E-state index contributed by atoms with van der Waals surface area (Å²) in [4.78, 5) is 11.0. The smallest absolute Gasteiger partial charge is 0.337 e. The molecule has 1 rings (SSSR count). The van der Waals surface area contributed by atoms with Gasteiger partial charge in [0.2, 0.25) is 0 Å². The second kappa shape index (κ2) is 5.37. The van der Waals surface area contributed by atoms with Crippen LogP contribution in [0.4, 0.5) is 11.4 Å². The van der Waals surface area contributed by atoms with Gasteiger partial charge in [-0.05, 0) is 25.1 Å². The molecule has 0 fully saturated rings. The first-order chi connectivity index (χ1) is 7.54. The summed E-state index contributed by atoms with van der Waals surface area (Å²) in [6, 6.07) is 4.79. The zero-order chi connectivity index (χ0) is 12.1. The van der Waals surface area contributed by atoms with Gasteiger partial charge in [0, 0.05) is 24.5 Å². The zero-order valence-corrected chi connectivity index (χ0v) is 9.36. The van der Waals surface area contributed by atoms with Crippen molar-refractivity contribution in [2.45, 2.75) is 13.0 Å². The van der Waals surface area contributed by atoms with Crippen LogP contribution in [-0.4, -0.2) is 30.8 Å². The number of nitrogen functional groups attached to an aromatic ring is 1. The van der Waals surface area contributed by atoms with Crippen molar-refractivity contribution in [1.29, 1.82) is 0 Å². The van der Waals surface area contributed by atoms with Crippen LogP contribution in [0.5, 0.6) is 0 Å². The number of nitrogens with two attached hydrogens (primary N) is 1. The molecular formula is C11H16N2O3. The lowest BCUT2D eigenvalue weighted by molar-refractivity contribution is 0.0698. The van der Waals surface area contributed by atoms with Gasteiger partial charge in [-0.25, -0.2) is 4.79 Å². The molecule has 0 aliphatic rings. The number of carboxylic acids is 1. The largest absolute Gasteiger partial charge is 0.478 e. The quantitative estimate of drug-likeness (QED) is 0.658. The van der Waals surface area contributed by atoms with Gasteiger partial charge < -0.3 is 20.9 Å². The van der Waals surface area contributed by atoms with Crippen LogP contribution in [-0.2, 0) is 4.74 Å². The lowest BCUT2D eigenvalue weighted by atomic mass is 10.1. The highest BCUT2D eigenvalue weighted by atomic mass is 16.5. The van der Waals surface area contributed by atoms with Gasteiger partial charge in [-0.3, -0.25) is 0 Å². The SMILES string of the molecule is COCC(C)Nc1ccc(N)cc1C(=O)O. The predicted molar refractivity (Wildman–Crippen MR) is 62.8 cm³/mol. The summed E-state index contributed by atoms with van der Waals surface area (Å²) in [6.07, 6.45) is 0. The summed E-state index contributed by atoms with van der Waals surface area (Å²) in [7, 11) is 1.60. The Morgan fingerprint density at radius 2 is 2.31 bits per heavy atom. The molecule has 1 atom stereocenters. The number of aromatic carboxylic acids is 1. The van der Waals surface area contributed by atoms with Crippen molar-refractivity contribution in [3.05, 3.63) is 23.8 Å². The van der Waals surface area contributed by atoms with Crippen LogP contribution in [0, 0.1) is 0 Å². The molecule has 0 heterocycles. The fourth-order valence-electron chi connectivity index (χ4n) is 1.42. The van der Waals surface area contributed by atoms with E-state index in [0.29, 0.717) is 18.0 Å². The number of anilines is 2. The molecular weight excluding hydrogens is 208 g/mol. The summed E-state index contributed by atoms with van der Waals surface area (Å²) in [5, 5.41) is 12.1. The van der Waals surface area contributed by atoms with Gasteiger partial charge in [0.05, 0.1) is 12.2 Å². The first-order valence-electron chi connectivity index (χ1n) is 4.93. The number of benzene rings is 1. The molecule has 1 aromatic rings. The van der Waals surface area contributed by atoms with Gasteiger partial charge in [-0.15, -0.1) is 0 Å². The second-order valence-electron chi connectivity index (χ2n) is 3.61. The van der Waals surface area contributed by atoms with E-state index in [-0.39, 0.29) is 11.6 Å². The second-order valence-corrected chi connectivity index (χ2v) is 3.61. The molecule has 1 aromatic carbocycles. The van der Waals surface area contributed by atoms with Gasteiger partial charge in [0.25, 0.3) is 0 Å². The maximum atomic E-state index is 11.0. The molecule has 0 radical (unpaired) electrons. The van der Waals surface area contributed by atoms with Crippen LogP contribution in [0.25, 0.3) is 0 Å². The molecule has 88 valence electrons. The molecule has 0 aliphatic carbocycles. The minimum atomic E-state index is -1.00. The highest BCUT2D eigenvalue weighted by Crippen LogP contribution is 2.19. The van der Waals surface area contributed by atoms with E-state index in [9.17, 15) is 4.79 Å².